The normalized spacial score (nSPS) is 13.4. The van der Waals surface area contributed by atoms with Crippen LogP contribution in [0.4, 0.5) is 11.6 Å². The monoisotopic (exact) mass is 519 g/mol. The molecule has 4 rings (SSSR count). The Hall–Kier alpha value is -3.87. The molecule has 1 fully saturated rings. The Bertz CT molecular complexity index is 1170. The predicted molar refractivity (Wildman–Crippen MR) is 148 cm³/mol. The maximum atomic E-state index is 10.0. The molecule has 0 atom stereocenters. The molecule has 2 N–H and O–H groups in total. The smallest absolute Gasteiger partial charge is 0.212 e. The van der Waals surface area contributed by atoms with Crippen molar-refractivity contribution >= 4 is 18.0 Å². The van der Waals surface area contributed by atoms with Gasteiger partial charge in [0, 0.05) is 55.5 Å². The second-order valence-electron chi connectivity index (χ2n) is 9.70. The first-order valence-electron chi connectivity index (χ1n) is 12.7. The van der Waals surface area contributed by atoms with Crippen molar-refractivity contribution in [1.82, 2.24) is 15.0 Å². The number of rotatable bonds is 8. The number of carbonyl (C=O) groups excluding carboxylic acids is 1. The molecule has 0 bridgehead atoms. The molecule has 3 aromatic rings. The lowest BCUT2D eigenvalue weighted by atomic mass is 9.93. The van der Waals surface area contributed by atoms with Crippen molar-refractivity contribution in [3.8, 4) is 17.6 Å². The number of nitrogens with zero attached hydrogens (tertiary/aromatic N) is 3. The zero-order valence-electron chi connectivity index (χ0n) is 22.6. The molecular formula is C29H37N5O4. The van der Waals surface area contributed by atoms with Crippen LogP contribution >= 0.6 is 0 Å². The molecule has 1 aromatic carbocycles. The largest absolute Gasteiger partial charge is 0.494 e. The van der Waals surface area contributed by atoms with E-state index in [4.69, 9.17) is 14.0 Å². The van der Waals surface area contributed by atoms with Crippen LogP contribution in [0.1, 0.15) is 44.1 Å². The number of ether oxygens (including phenoxy) is 2. The van der Waals surface area contributed by atoms with Gasteiger partial charge in [-0.05, 0) is 42.8 Å². The average molecular weight is 520 g/mol. The Labute approximate surface area is 224 Å². The van der Waals surface area contributed by atoms with E-state index in [2.05, 4.69) is 37.5 Å². The van der Waals surface area contributed by atoms with Crippen LogP contribution in [0.25, 0.3) is 0 Å². The molecule has 9 heteroatoms. The molecule has 9 nitrogen and oxygen atoms in total. The SMILES string of the molecule is CC(C)(C)c1cc(NC=O)no1.CNc1ccc(C#Cc2ccc(OCCCN3CCOCC3)cc2)cn1. The van der Waals surface area contributed by atoms with Gasteiger partial charge in [-0.3, -0.25) is 9.69 Å². The molecule has 0 unspecified atom stereocenters. The molecule has 1 saturated heterocycles. The fraction of sp³-hybridized carbons (Fsp3) is 0.414. The van der Waals surface area contributed by atoms with Gasteiger partial charge in [0.05, 0.1) is 19.8 Å². The lowest BCUT2D eigenvalue weighted by Gasteiger charge is -2.26. The number of aromatic nitrogens is 2. The Morgan fingerprint density at radius 3 is 2.37 bits per heavy atom. The minimum atomic E-state index is -0.0736. The molecule has 0 saturated carbocycles. The number of nitrogens with one attached hydrogen (secondary N) is 2. The third kappa shape index (κ3) is 9.88. The first-order valence-corrected chi connectivity index (χ1v) is 12.7. The standard InChI is InChI=1S/C21H25N3O2.C8H12N2O2/c1-22-21-10-7-19(17-23-21)4-3-18-5-8-20(9-6-18)26-14-2-11-24-12-15-25-16-13-24;1-8(2,3)6-4-7(9-5-11)10-12-6/h5-10,17H,2,11-16H2,1H3,(H,22,23);4-5H,1-3H3,(H,9,10,11). The van der Waals surface area contributed by atoms with Crippen molar-refractivity contribution in [2.45, 2.75) is 32.6 Å². The minimum absolute atomic E-state index is 0.0736. The summed E-state index contributed by atoms with van der Waals surface area (Å²) in [5, 5.41) is 9.06. The van der Waals surface area contributed by atoms with Crippen LogP contribution in [0, 0.1) is 11.8 Å². The van der Waals surface area contributed by atoms with E-state index in [1.165, 1.54) is 0 Å². The zero-order chi connectivity index (χ0) is 27.2. The third-order valence-corrected chi connectivity index (χ3v) is 5.67. The highest BCUT2D eigenvalue weighted by atomic mass is 16.5. The molecule has 3 heterocycles. The van der Waals surface area contributed by atoms with E-state index < -0.39 is 0 Å². The average Bonchev–Trinajstić information content (AvgIpc) is 3.42. The van der Waals surface area contributed by atoms with E-state index in [-0.39, 0.29) is 5.41 Å². The molecule has 2 aromatic heterocycles. The molecule has 0 spiro atoms. The second-order valence-corrected chi connectivity index (χ2v) is 9.70. The van der Waals surface area contributed by atoms with Crippen LogP contribution in [0.3, 0.4) is 0 Å². The summed E-state index contributed by atoms with van der Waals surface area (Å²) in [7, 11) is 1.85. The third-order valence-electron chi connectivity index (χ3n) is 5.67. The number of hydrogen-bond acceptors (Lipinski definition) is 8. The summed E-state index contributed by atoms with van der Waals surface area (Å²) < 4.78 is 16.2. The van der Waals surface area contributed by atoms with E-state index in [9.17, 15) is 4.79 Å². The van der Waals surface area contributed by atoms with Crippen LogP contribution in [0.15, 0.2) is 53.2 Å². The van der Waals surface area contributed by atoms with Gasteiger partial charge in [-0.2, -0.15) is 0 Å². The van der Waals surface area contributed by atoms with E-state index in [1.54, 1.807) is 12.3 Å². The van der Waals surface area contributed by atoms with Crippen LogP contribution in [-0.4, -0.2) is 68.0 Å². The maximum Gasteiger partial charge on any atom is 0.212 e. The van der Waals surface area contributed by atoms with Gasteiger partial charge in [-0.1, -0.05) is 37.8 Å². The summed E-state index contributed by atoms with van der Waals surface area (Å²) in [4.78, 5) is 16.7. The van der Waals surface area contributed by atoms with E-state index in [0.29, 0.717) is 12.2 Å². The van der Waals surface area contributed by atoms with Gasteiger partial charge in [-0.25, -0.2) is 4.98 Å². The van der Waals surface area contributed by atoms with Crippen molar-refractivity contribution < 1.29 is 18.8 Å². The lowest BCUT2D eigenvalue weighted by molar-refractivity contribution is -0.105. The van der Waals surface area contributed by atoms with Gasteiger partial charge in [-0.15, -0.1) is 0 Å². The quantitative estimate of drug-likeness (QED) is 0.260. The van der Waals surface area contributed by atoms with Gasteiger partial charge in [0.25, 0.3) is 0 Å². The molecule has 202 valence electrons. The number of amides is 1. The summed E-state index contributed by atoms with van der Waals surface area (Å²) in [5.41, 5.74) is 1.78. The maximum absolute atomic E-state index is 10.0. The summed E-state index contributed by atoms with van der Waals surface area (Å²) in [6, 6.07) is 13.5. The molecule has 0 radical (unpaired) electrons. The van der Waals surface area contributed by atoms with Crippen LogP contribution in [0.5, 0.6) is 5.75 Å². The molecule has 0 aliphatic carbocycles. The molecule has 38 heavy (non-hydrogen) atoms. The van der Waals surface area contributed by atoms with Crippen LogP contribution in [0.2, 0.25) is 0 Å². The highest BCUT2D eigenvalue weighted by Crippen LogP contribution is 2.24. The topological polar surface area (TPSA) is 102 Å². The Morgan fingerprint density at radius 2 is 1.76 bits per heavy atom. The number of hydrogen-bond donors (Lipinski definition) is 2. The number of carbonyl (C=O) groups is 1. The van der Waals surface area contributed by atoms with Crippen molar-refractivity contribution in [3.63, 3.8) is 0 Å². The summed E-state index contributed by atoms with van der Waals surface area (Å²) >= 11 is 0. The van der Waals surface area contributed by atoms with Crippen molar-refractivity contribution in [1.29, 1.82) is 0 Å². The van der Waals surface area contributed by atoms with Crippen molar-refractivity contribution in [2.75, 3.05) is 57.1 Å². The molecule has 1 aliphatic rings. The van der Waals surface area contributed by atoms with Crippen molar-refractivity contribution in [3.05, 3.63) is 65.5 Å². The minimum Gasteiger partial charge on any atom is -0.494 e. The number of benzene rings is 1. The molecular weight excluding hydrogens is 482 g/mol. The summed E-state index contributed by atoms with van der Waals surface area (Å²) in [6.07, 6.45) is 3.37. The van der Waals surface area contributed by atoms with Crippen molar-refractivity contribution in [2.24, 2.45) is 0 Å². The van der Waals surface area contributed by atoms with Gasteiger partial charge >= 0.3 is 0 Å². The summed E-state index contributed by atoms with van der Waals surface area (Å²) in [6.45, 7) is 11.6. The molecule has 1 aliphatic heterocycles. The van der Waals surface area contributed by atoms with Gasteiger partial charge in [0.2, 0.25) is 6.41 Å². The fourth-order valence-corrected chi connectivity index (χ4v) is 3.45. The lowest BCUT2D eigenvalue weighted by Crippen LogP contribution is -2.37. The highest BCUT2D eigenvalue weighted by molar-refractivity contribution is 5.68. The summed E-state index contributed by atoms with van der Waals surface area (Å²) in [5.74, 6) is 9.21. The highest BCUT2D eigenvalue weighted by Gasteiger charge is 2.19. The van der Waals surface area contributed by atoms with Gasteiger partial charge in [0.1, 0.15) is 17.3 Å². The van der Waals surface area contributed by atoms with Gasteiger partial charge < -0.3 is 24.6 Å². The Kier molecular flexibility index (Phi) is 11.1. The number of morpholine rings is 1. The van der Waals surface area contributed by atoms with Crippen LogP contribution < -0.4 is 15.4 Å². The first kappa shape index (κ1) is 28.7. The van der Waals surface area contributed by atoms with E-state index in [1.807, 2.05) is 64.2 Å². The number of pyridine rings is 1. The van der Waals surface area contributed by atoms with Crippen LogP contribution in [-0.2, 0) is 14.9 Å². The Balaban J connectivity index is 0.000000279. The fourth-order valence-electron chi connectivity index (χ4n) is 3.45. The zero-order valence-corrected chi connectivity index (χ0v) is 22.6. The first-order chi connectivity index (χ1) is 18.4. The second kappa shape index (κ2) is 14.8. The van der Waals surface area contributed by atoms with E-state index in [0.717, 1.165) is 74.3 Å². The van der Waals surface area contributed by atoms with Gasteiger partial charge in [0.15, 0.2) is 5.82 Å². The predicted octanol–water partition coefficient (Wildman–Crippen LogP) is 4.16. The Morgan fingerprint density at radius 1 is 1.05 bits per heavy atom. The molecule has 1 amide bonds. The van der Waals surface area contributed by atoms with E-state index >= 15 is 0 Å². The number of anilines is 2.